The first-order valence-corrected chi connectivity index (χ1v) is 6.44. The van der Waals surface area contributed by atoms with Gasteiger partial charge in [0, 0.05) is 32.2 Å². The molecule has 0 unspecified atom stereocenters. The zero-order chi connectivity index (χ0) is 13.4. The molecule has 18 heavy (non-hydrogen) atoms. The lowest BCUT2D eigenvalue weighted by Crippen LogP contribution is -2.25. The Balaban J connectivity index is 2.20. The molecule has 1 heterocycles. The highest BCUT2D eigenvalue weighted by Gasteiger charge is 2.08. The maximum Gasteiger partial charge on any atom is 0.254 e. The number of aromatic nitrogens is 1. The van der Waals surface area contributed by atoms with Crippen molar-refractivity contribution >= 4 is 17.5 Å². The molecule has 0 spiro atoms. The highest BCUT2D eigenvalue weighted by molar-refractivity contribution is 6.33. The molecule has 0 atom stereocenters. The van der Waals surface area contributed by atoms with Gasteiger partial charge in [0.05, 0.1) is 10.6 Å². The van der Waals surface area contributed by atoms with Crippen molar-refractivity contribution in [2.45, 2.75) is 20.3 Å². The van der Waals surface area contributed by atoms with Gasteiger partial charge in [-0.15, -0.1) is 0 Å². The summed E-state index contributed by atoms with van der Waals surface area (Å²) in [7, 11) is 0. The summed E-state index contributed by atoms with van der Waals surface area (Å²) in [6, 6.07) is 1.60. The minimum Gasteiger partial charge on any atom is -0.381 e. The number of carbonyl (C=O) groups is 1. The van der Waals surface area contributed by atoms with Crippen molar-refractivity contribution in [3.8, 4) is 0 Å². The largest absolute Gasteiger partial charge is 0.381 e. The van der Waals surface area contributed by atoms with E-state index in [2.05, 4.69) is 24.1 Å². The van der Waals surface area contributed by atoms with Crippen molar-refractivity contribution < 1.29 is 9.53 Å². The van der Waals surface area contributed by atoms with E-state index in [0.717, 1.165) is 13.0 Å². The lowest BCUT2D eigenvalue weighted by atomic mass is 10.2. The van der Waals surface area contributed by atoms with Crippen molar-refractivity contribution in [3.63, 3.8) is 0 Å². The van der Waals surface area contributed by atoms with Gasteiger partial charge in [0.1, 0.15) is 0 Å². The second-order valence-corrected chi connectivity index (χ2v) is 4.84. The fourth-order valence-electron chi connectivity index (χ4n) is 1.33. The van der Waals surface area contributed by atoms with Crippen molar-refractivity contribution in [2.75, 3.05) is 19.8 Å². The summed E-state index contributed by atoms with van der Waals surface area (Å²) in [5, 5.41) is 3.20. The molecular weight excluding hydrogens is 252 g/mol. The van der Waals surface area contributed by atoms with Crippen LogP contribution in [0.4, 0.5) is 0 Å². The zero-order valence-corrected chi connectivity index (χ0v) is 11.5. The summed E-state index contributed by atoms with van der Waals surface area (Å²) in [5.74, 6) is 0.339. The summed E-state index contributed by atoms with van der Waals surface area (Å²) in [4.78, 5) is 15.6. The summed E-state index contributed by atoms with van der Waals surface area (Å²) in [5.41, 5.74) is 0.405. The van der Waals surface area contributed by atoms with Crippen LogP contribution >= 0.6 is 11.6 Å². The molecule has 0 aliphatic heterocycles. The third kappa shape index (κ3) is 5.47. The molecule has 4 nitrogen and oxygen atoms in total. The summed E-state index contributed by atoms with van der Waals surface area (Å²) in [6.07, 6.45) is 3.81. The molecule has 1 N–H and O–H groups in total. The lowest BCUT2D eigenvalue weighted by molar-refractivity contribution is 0.0925. The fourth-order valence-corrected chi connectivity index (χ4v) is 1.53. The average molecular weight is 271 g/mol. The number of carbonyl (C=O) groups excluding carboxylic acids is 1. The second-order valence-electron chi connectivity index (χ2n) is 4.43. The molecule has 100 valence electrons. The van der Waals surface area contributed by atoms with E-state index in [4.69, 9.17) is 16.3 Å². The normalized spacial score (nSPS) is 10.7. The topological polar surface area (TPSA) is 51.2 Å². The standard InChI is InChI=1S/C13H19ClN2O2/c1-10(2)9-18-7-3-5-16-13(17)11-8-15-6-4-12(11)14/h4,6,8,10H,3,5,7,9H2,1-2H3,(H,16,17). The van der Waals surface area contributed by atoms with Crippen molar-refractivity contribution in [1.82, 2.24) is 10.3 Å². The molecule has 1 aromatic heterocycles. The third-order valence-corrected chi connectivity index (χ3v) is 2.54. The van der Waals surface area contributed by atoms with Gasteiger partial charge in [0.2, 0.25) is 0 Å². The number of halogens is 1. The van der Waals surface area contributed by atoms with Crippen LogP contribution in [0.1, 0.15) is 30.6 Å². The van der Waals surface area contributed by atoms with Gasteiger partial charge in [0.25, 0.3) is 5.91 Å². The Labute approximate surface area is 113 Å². The van der Waals surface area contributed by atoms with E-state index in [-0.39, 0.29) is 5.91 Å². The summed E-state index contributed by atoms with van der Waals surface area (Å²) in [6.45, 7) is 6.18. The molecule has 0 aliphatic carbocycles. The number of pyridine rings is 1. The van der Waals surface area contributed by atoms with Crippen LogP contribution < -0.4 is 5.32 Å². The Morgan fingerprint density at radius 3 is 3.00 bits per heavy atom. The highest BCUT2D eigenvalue weighted by Crippen LogP contribution is 2.12. The summed E-state index contributed by atoms with van der Waals surface area (Å²) >= 11 is 5.89. The van der Waals surface area contributed by atoms with Gasteiger partial charge in [-0.3, -0.25) is 9.78 Å². The van der Waals surface area contributed by atoms with Gasteiger partial charge >= 0.3 is 0 Å². The van der Waals surface area contributed by atoms with Crippen LogP contribution in [-0.2, 0) is 4.74 Å². The highest BCUT2D eigenvalue weighted by atomic mass is 35.5. The monoisotopic (exact) mass is 270 g/mol. The van der Waals surface area contributed by atoms with Gasteiger partial charge in [0.15, 0.2) is 0 Å². The van der Waals surface area contributed by atoms with Gasteiger partial charge in [-0.1, -0.05) is 25.4 Å². The van der Waals surface area contributed by atoms with Gasteiger partial charge in [-0.25, -0.2) is 0 Å². The van der Waals surface area contributed by atoms with Crippen LogP contribution in [0, 0.1) is 5.92 Å². The number of nitrogens with zero attached hydrogens (tertiary/aromatic N) is 1. The predicted molar refractivity (Wildman–Crippen MR) is 71.9 cm³/mol. The number of hydrogen-bond donors (Lipinski definition) is 1. The first kappa shape index (κ1) is 14.9. The molecule has 0 radical (unpaired) electrons. The average Bonchev–Trinajstić information content (AvgIpc) is 2.33. The Kier molecular flexibility index (Phi) is 6.68. The fraction of sp³-hybridized carbons (Fsp3) is 0.538. The van der Waals surface area contributed by atoms with E-state index in [1.165, 1.54) is 6.20 Å². The number of ether oxygens (including phenoxy) is 1. The molecule has 5 heteroatoms. The van der Waals surface area contributed by atoms with Crippen molar-refractivity contribution in [2.24, 2.45) is 5.92 Å². The Morgan fingerprint density at radius 1 is 1.56 bits per heavy atom. The smallest absolute Gasteiger partial charge is 0.254 e. The van der Waals surface area contributed by atoms with Gasteiger partial charge in [-0.05, 0) is 18.4 Å². The van der Waals surface area contributed by atoms with Crippen LogP contribution in [0.5, 0.6) is 0 Å². The second kappa shape index (κ2) is 8.06. The number of rotatable bonds is 7. The molecular formula is C13H19ClN2O2. The van der Waals surface area contributed by atoms with Crippen LogP contribution in [0.2, 0.25) is 5.02 Å². The molecule has 0 aliphatic rings. The molecule has 1 amide bonds. The molecule has 0 saturated heterocycles. The number of hydrogen-bond acceptors (Lipinski definition) is 3. The van der Waals surface area contributed by atoms with Crippen LogP contribution in [-0.4, -0.2) is 30.6 Å². The van der Waals surface area contributed by atoms with E-state index in [0.29, 0.717) is 29.7 Å². The van der Waals surface area contributed by atoms with Crippen molar-refractivity contribution in [1.29, 1.82) is 0 Å². The molecule has 0 bridgehead atoms. The van der Waals surface area contributed by atoms with E-state index in [1.807, 2.05) is 0 Å². The Hall–Kier alpha value is -1.13. The molecule has 0 saturated carbocycles. The minimum atomic E-state index is -0.197. The van der Waals surface area contributed by atoms with Crippen molar-refractivity contribution in [3.05, 3.63) is 29.0 Å². The van der Waals surface area contributed by atoms with E-state index >= 15 is 0 Å². The molecule has 1 rings (SSSR count). The zero-order valence-electron chi connectivity index (χ0n) is 10.8. The SMILES string of the molecule is CC(C)COCCCNC(=O)c1cnccc1Cl. The first-order chi connectivity index (χ1) is 8.61. The minimum absolute atomic E-state index is 0.197. The van der Waals surface area contributed by atoms with E-state index in [9.17, 15) is 4.79 Å². The summed E-state index contributed by atoms with van der Waals surface area (Å²) < 4.78 is 5.42. The van der Waals surface area contributed by atoms with Crippen LogP contribution in [0.3, 0.4) is 0 Å². The van der Waals surface area contributed by atoms with E-state index < -0.39 is 0 Å². The quantitative estimate of drug-likeness (QED) is 0.775. The predicted octanol–water partition coefficient (Wildman–Crippen LogP) is 2.53. The Morgan fingerprint density at radius 2 is 2.33 bits per heavy atom. The molecule has 0 aromatic carbocycles. The lowest BCUT2D eigenvalue weighted by Gasteiger charge is -2.08. The third-order valence-electron chi connectivity index (χ3n) is 2.21. The maximum atomic E-state index is 11.7. The van der Waals surface area contributed by atoms with Crippen LogP contribution in [0.15, 0.2) is 18.5 Å². The number of nitrogens with one attached hydrogen (secondary N) is 1. The number of amides is 1. The molecule has 1 aromatic rings. The van der Waals surface area contributed by atoms with Gasteiger partial charge < -0.3 is 10.1 Å². The van der Waals surface area contributed by atoms with E-state index in [1.54, 1.807) is 12.3 Å². The Bertz CT molecular complexity index is 383. The molecule has 0 fully saturated rings. The van der Waals surface area contributed by atoms with Crippen LogP contribution in [0.25, 0.3) is 0 Å². The first-order valence-electron chi connectivity index (χ1n) is 6.06. The maximum absolute atomic E-state index is 11.7. The van der Waals surface area contributed by atoms with Gasteiger partial charge in [-0.2, -0.15) is 0 Å².